The van der Waals surface area contributed by atoms with Gasteiger partial charge >= 0.3 is 0 Å². The maximum absolute atomic E-state index is 13.3. The number of hydrogen-bond donors (Lipinski definition) is 2. The average molecular weight is 503 g/mol. The van der Waals surface area contributed by atoms with Crippen LogP contribution in [0.5, 0.6) is 17.2 Å². The summed E-state index contributed by atoms with van der Waals surface area (Å²) in [5.41, 5.74) is 2.39. The Bertz CT molecular complexity index is 1340. The van der Waals surface area contributed by atoms with Crippen molar-refractivity contribution in [2.24, 2.45) is 0 Å². The zero-order valence-electron chi connectivity index (χ0n) is 21.1. The first-order valence-corrected chi connectivity index (χ1v) is 12.1. The Morgan fingerprint density at radius 3 is 2.59 bits per heavy atom. The van der Waals surface area contributed by atoms with Crippen molar-refractivity contribution in [3.8, 4) is 17.2 Å². The topological polar surface area (TPSA) is 109 Å². The number of aromatic nitrogens is 1. The van der Waals surface area contributed by atoms with E-state index in [0.717, 1.165) is 24.0 Å². The van der Waals surface area contributed by atoms with Gasteiger partial charge in [0.1, 0.15) is 11.5 Å². The lowest BCUT2D eigenvalue weighted by Gasteiger charge is -2.26. The summed E-state index contributed by atoms with van der Waals surface area (Å²) in [4.78, 5) is 32.1. The molecule has 192 valence electrons. The lowest BCUT2D eigenvalue weighted by molar-refractivity contribution is -0.140. The molecule has 1 saturated heterocycles. The van der Waals surface area contributed by atoms with E-state index in [1.807, 2.05) is 6.92 Å². The number of carbonyl (C=O) groups is 2. The molecule has 1 aliphatic heterocycles. The van der Waals surface area contributed by atoms with Gasteiger partial charge in [-0.3, -0.25) is 14.6 Å². The molecule has 0 spiro atoms. The van der Waals surface area contributed by atoms with Crippen molar-refractivity contribution >= 4 is 17.4 Å². The molecule has 8 nitrogen and oxygen atoms in total. The number of Topliss-reactive ketones (excluding diaryl/α,β-unsaturated/α-hetero) is 1. The van der Waals surface area contributed by atoms with Gasteiger partial charge < -0.3 is 24.6 Å². The van der Waals surface area contributed by atoms with E-state index in [-0.39, 0.29) is 29.4 Å². The number of likely N-dealkylation sites (tertiary alicyclic amines) is 1. The Morgan fingerprint density at radius 1 is 1.11 bits per heavy atom. The zero-order valence-corrected chi connectivity index (χ0v) is 21.1. The number of nitrogens with zero attached hydrogens (tertiary/aromatic N) is 2. The fourth-order valence-corrected chi connectivity index (χ4v) is 4.38. The third-order valence-electron chi connectivity index (χ3n) is 6.34. The van der Waals surface area contributed by atoms with E-state index in [2.05, 4.69) is 11.9 Å². The molecule has 0 radical (unpaired) electrons. The number of aliphatic hydroxyl groups is 1. The summed E-state index contributed by atoms with van der Waals surface area (Å²) in [6.07, 6.45) is 5.18. The number of hydrogen-bond acceptors (Lipinski definition) is 7. The van der Waals surface area contributed by atoms with Crippen LogP contribution in [0.4, 0.5) is 0 Å². The second kappa shape index (κ2) is 11.2. The lowest BCUT2D eigenvalue weighted by Crippen LogP contribution is -2.29. The standard InChI is InChI=1S/C29H30N2O6/c1-4-5-13-37-23-11-9-21(14-18(23)2)27(33)25-26(20-8-10-22(32)24(15-20)36-3)31(29(35)28(25)34)17-19-7-6-12-30-16-19/h6-12,14-16,26,32-33H,4-5,13,17H2,1-3H3/b27-25+/t26-/m0/s1. The molecule has 1 aromatic heterocycles. The van der Waals surface area contributed by atoms with E-state index < -0.39 is 17.7 Å². The number of ketones is 1. The monoisotopic (exact) mass is 502 g/mol. The number of aliphatic hydroxyl groups excluding tert-OH is 1. The van der Waals surface area contributed by atoms with Crippen molar-refractivity contribution in [2.45, 2.75) is 39.3 Å². The van der Waals surface area contributed by atoms with Gasteiger partial charge in [0.2, 0.25) is 0 Å². The number of pyridine rings is 1. The van der Waals surface area contributed by atoms with Crippen LogP contribution in [0.15, 0.2) is 66.5 Å². The molecular formula is C29H30N2O6. The van der Waals surface area contributed by atoms with Crippen molar-refractivity contribution in [1.29, 1.82) is 0 Å². The van der Waals surface area contributed by atoms with E-state index in [1.54, 1.807) is 54.9 Å². The molecule has 2 N–H and O–H groups in total. The van der Waals surface area contributed by atoms with Crippen LogP contribution >= 0.6 is 0 Å². The molecule has 0 saturated carbocycles. The number of phenols is 1. The smallest absolute Gasteiger partial charge is 0.295 e. The molecule has 2 heterocycles. The maximum atomic E-state index is 13.3. The highest BCUT2D eigenvalue weighted by atomic mass is 16.5. The molecule has 3 aromatic rings. The van der Waals surface area contributed by atoms with E-state index in [1.165, 1.54) is 18.1 Å². The van der Waals surface area contributed by atoms with Crippen molar-refractivity contribution < 1.29 is 29.3 Å². The first kappa shape index (κ1) is 25.8. The predicted molar refractivity (Wildman–Crippen MR) is 138 cm³/mol. The van der Waals surface area contributed by atoms with Crippen LogP contribution in [0.3, 0.4) is 0 Å². The Labute approximate surface area is 215 Å². The summed E-state index contributed by atoms with van der Waals surface area (Å²) in [6, 6.07) is 12.4. The summed E-state index contributed by atoms with van der Waals surface area (Å²) in [6.45, 7) is 4.64. The molecule has 0 bridgehead atoms. The molecular weight excluding hydrogens is 472 g/mol. The molecule has 8 heteroatoms. The van der Waals surface area contributed by atoms with Gasteiger partial charge in [0.15, 0.2) is 11.5 Å². The fourth-order valence-electron chi connectivity index (χ4n) is 4.38. The molecule has 1 amide bonds. The maximum Gasteiger partial charge on any atom is 0.295 e. The van der Waals surface area contributed by atoms with Crippen molar-refractivity contribution in [1.82, 2.24) is 9.88 Å². The number of unbranched alkanes of at least 4 members (excludes halogenated alkanes) is 1. The summed E-state index contributed by atoms with van der Waals surface area (Å²) in [5.74, 6) is -1.01. The van der Waals surface area contributed by atoms with Crippen LogP contribution in [0.1, 0.15) is 48.1 Å². The first-order valence-electron chi connectivity index (χ1n) is 12.1. The molecule has 0 unspecified atom stereocenters. The number of aryl methyl sites for hydroxylation is 1. The lowest BCUT2D eigenvalue weighted by atomic mass is 9.94. The highest BCUT2D eigenvalue weighted by Gasteiger charge is 2.46. The minimum atomic E-state index is -0.907. The summed E-state index contributed by atoms with van der Waals surface area (Å²) in [5, 5.41) is 21.5. The first-order chi connectivity index (χ1) is 17.8. The summed E-state index contributed by atoms with van der Waals surface area (Å²) >= 11 is 0. The fraction of sp³-hybridized carbons (Fsp3) is 0.276. The number of benzene rings is 2. The molecule has 37 heavy (non-hydrogen) atoms. The second-order valence-electron chi connectivity index (χ2n) is 8.90. The largest absolute Gasteiger partial charge is 0.507 e. The van der Waals surface area contributed by atoms with Gasteiger partial charge in [-0.2, -0.15) is 0 Å². The van der Waals surface area contributed by atoms with Gasteiger partial charge in [0.05, 0.1) is 25.3 Å². The number of carbonyl (C=O) groups excluding carboxylic acids is 2. The van der Waals surface area contributed by atoms with Crippen LogP contribution in [0.2, 0.25) is 0 Å². The van der Waals surface area contributed by atoms with Gasteiger partial charge in [0, 0.05) is 24.5 Å². The number of amides is 1. The van der Waals surface area contributed by atoms with Crippen LogP contribution in [-0.4, -0.2) is 45.5 Å². The van der Waals surface area contributed by atoms with Gasteiger partial charge in [0.25, 0.3) is 11.7 Å². The van der Waals surface area contributed by atoms with Crippen molar-refractivity contribution in [2.75, 3.05) is 13.7 Å². The molecule has 1 fully saturated rings. The van der Waals surface area contributed by atoms with Gasteiger partial charge in [-0.1, -0.05) is 25.5 Å². The average Bonchev–Trinajstić information content (AvgIpc) is 3.15. The number of aromatic hydroxyl groups is 1. The minimum Gasteiger partial charge on any atom is -0.507 e. The second-order valence-corrected chi connectivity index (χ2v) is 8.90. The molecule has 0 aliphatic carbocycles. The van der Waals surface area contributed by atoms with Crippen LogP contribution in [0.25, 0.3) is 5.76 Å². The summed E-state index contributed by atoms with van der Waals surface area (Å²) in [7, 11) is 1.42. The number of phenolic OH excluding ortho intramolecular Hbond substituents is 1. The van der Waals surface area contributed by atoms with Gasteiger partial charge in [-0.25, -0.2) is 0 Å². The quantitative estimate of drug-likeness (QED) is 0.185. The molecule has 1 atom stereocenters. The SMILES string of the molecule is CCCCOc1ccc(/C(O)=C2\C(=O)C(=O)N(Cc3cccnc3)[C@H]2c2ccc(O)c(OC)c2)cc1C. The third kappa shape index (κ3) is 5.28. The highest BCUT2D eigenvalue weighted by molar-refractivity contribution is 6.46. The van der Waals surface area contributed by atoms with Crippen molar-refractivity contribution in [3.63, 3.8) is 0 Å². The normalized spacial score (nSPS) is 16.7. The Hall–Kier alpha value is -4.33. The number of rotatable bonds is 9. The number of ether oxygens (including phenoxy) is 2. The van der Waals surface area contributed by atoms with Crippen molar-refractivity contribution in [3.05, 3.63) is 88.8 Å². The third-order valence-corrected chi connectivity index (χ3v) is 6.34. The molecule has 4 rings (SSSR count). The van der Waals surface area contributed by atoms with E-state index >= 15 is 0 Å². The Kier molecular flexibility index (Phi) is 7.77. The Morgan fingerprint density at radius 2 is 1.92 bits per heavy atom. The van der Waals surface area contributed by atoms with Crippen LogP contribution in [0, 0.1) is 6.92 Å². The highest BCUT2D eigenvalue weighted by Crippen LogP contribution is 2.42. The van der Waals surface area contributed by atoms with Gasteiger partial charge in [-0.05, 0) is 66.4 Å². The molecule has 2 aromatic carbocycles. The van der Waals surface area contributed by atoms with Crippen LogP contribution in [-0.2, 0) is 16.1 Å². The van der Waals surface area contributed by atoms with Gasteiger partial charge in [-0.15, -0.1) is 0 Å². The number of methoxy groups -OCH3 is 1. The van der Waals surface area contributed by atoms with E-state index in [4.69, 9.17) is 9.47 Å². The van der Waals surface area contributed by atoms with E-state index in [0.29, 0.717) is 23.5 Å². The molecule has 1 aliphatic rings. The summed E-state index contributed by atoms with van der Waals surface area (Å²) < 4.78 is 11.1. The predicted octanol–water partition coefficient (Wildman–Crippen LogP) is 4.91. The van der Waals surface area contributed by atoms with E-state index in [9.17, 15) is 19.8 Å². The van der Waals surface area contributed by atoms with Crippen LogP contribution < -0.4 is 9.47 Å². The minimum absolute atomic E-state index is 0.0410. The Balaban J connectivity index is 1.81. The zero-order chi connectivity index (χ0) is 26.5.